The minimum atomic E-state index is -0.978. The molecule has 2 aromatic heterocycles. The van der Waals surface area contributed by atoms with Gasteiger partial charge in [0.1, 0.15) is 18.0 Å². The Morgan fingerprint density at radius 1 is 0.951 bits per heavy atom. The number of likely N-dealkylation sites (tertiary alicyclic amines) is 2. The summed E-state index contributed by atoms with van der Waals surface area (Å²) < 4.78 is 22.3. The average Bonchev–Trinajstić information content (AvgIpc) is 3.82. The van der Waals surface area contributed by atoms with Gasteiger partial charge in [-0.2, -0.15) is 5.10 Å². The lowest BCUT2D eigenvalue weighted by Crippen LogP contribution is -2.54. The predicted molar refractivity (Wildman–Crippen MR) is 230 cm³/mol. The second-order valence-corrected chi connectivity index (χ2v) is 17.3. The zero-order chi connectivity index (χ0) is 42.8. The van der Waals surface area contributed by atoms with Crippen LogP contribution in [-0.2, 0) is 9.59 Å². The molecule has 322 valence electrons. The Labute approximate surface area is 363 Å². The fourth-order valence-corrected chi connectivity index (χ4v) is 9.57. The number of amides is 4. The first-order valence-corrected chi connectivity index (χ1v) is 21.8. The molecule has 3 saturated heterocycles. The van der Waals surface area contributed by atoms with Gasteiger partial charge in [-0.25, -0.2) is 9.37 Å². The maximum Gasteiger partial charge on any atom is 0.264 e. The lowest BCUT2D eigenvalue weighted by Gasteiger charge is -2.39. The predicted octanol–water partition coefficient (Wildman–Crippen LogP) is 6.76. The number of nitrogens with one attached hydrogen (secondary N) is 2. The number of nitrogen functional groups attached to an aromatic ring is 1. The molecule has 4 amide bonds. The Balaban J connectivity index is 0.710. The van der Waals surface area contributed by atoms with E-state index in [2.05, 4.69) is 25.4 Å². The first-order chi connectivity index (χ1) is 29.4. The van der Waals surface area contributed by atoms with E-state index in [0.717, 1.165) is 74.6 Å². The summed E-state index contributed by atoms with van der Waals surface area (Å²) in [6, 6.07) is 8.97. The van der Waals surface area contributed by atoms with Crippen molar-refractivity contribution in [2.24, 2.45) is 5.92 Å². The molecule has 4 aliphatic heterocycles. The van der Waals surface area contributed by atoms with Crippen LogP contribution in [0.1, 0.15) is 96.7 Å². The molecule has 0 aliphatic carbocycles. The van der Waals surface area contributed by atoms with E-state index in [0.29, 0.717) is 46.1 Å². The first kappa shape index (κ1) is 42.6. The summed E-state index contributed by atoms with van der Waals surface area (Å²) in [5, 5.41) is 10.5. The lowest BCUT2D eigenvalue weighted by atomic mass is 9.98. The molecule has 6 heterocycles. The Bertz CT molecular complexity index is 2310. The number of anilines is 2. The van der Waals surface area contributed by atoms with Crippen molar-refractivity contribution in [3.63, 3.8) is 0 Å². The third-order valence-corrected chi connectivity index (χ3v) is 13.0. The number of halogens is 3. The standard InChI is InChI=1S/C44H50Cl2FN9O5/c1-26(38-32(45)9-10-33(47)40(38)46)61-36-19-28(21-50-41(36)48)29-22-51-55(25-29)30-13-17-53(18-14-30)15-4-2-3-5-16-54-23-27(24-54)20-49-34-8-6-7-31-39(34)44(60)56(43(31)59)35-11-12-37(57)52-42(35)58/h6-10,19,21-22,25-27,30,35,49H,2-5,11-18,20,23-24H2,1H3,(H2,48,50)(H,52,57,58). The van der Waals surface area contributed by atoms with Gasteiger partial charge >= 0.3 is 0 Å². The van der Waals surface area contributed by atoms with Crippen LogP contribution in [0.2, 0.25) is 10.0 Å². The highest BCUT2D eigenvalue weighted by molar-refractivity contribution is 6.36. The van der Waals surface area contributed by atoms with Crippen molar-refractivity contribution >= 4 is 58.3 Å². The molecule has 4 N–H and O–H groups in total. The van der Waals surface area contributed by atoms with Gasteiger partial charge in [-0.3, -0.25) is 34.1 Å². The number of imide groups is 2. The first-order valence-electron chi connectivity index (χ1n) is 21.1. The van der Waals surface area contributed by atoms with Crippen LogP contribution in [-0.4, -0.2) is 105 Å². The van der Waals surface area contributed by atoms with E-state index in [9.17, 15) is 23.6 Å². The minimum Gasteiger partial charge on any atom is -0.482 e. The molecule has 8 rings (SSSR count). The monoisotopic (exact) mass is 873 g/mol. The van der Waals surface area contributed by atoms with Gasteiger partial charge in [0.25, 0.3) is 11.8 Å². The Hall–Kier alpha value is -5.09. The number of pyridine rings is 1. The molecular weight excluding hydrogens is 824 g/mol. The van der Waals surface area contributed by atoms with E-state index in [1.54, 1.807) is 37.4 Å². The number of benzene rings is 2. The van der Waals surface area contributed by atoms with Gasteiger partial charge in [0.15, 0.2) is 11.6 Å². The van der Waals surface area contributed by atoms with E-state index >= 15 is 0 Å². The SMILES string of the molecule is CC(Oc1cc(-c2cnn(C3CCN(CCCCCCN4CC(CNc5cccc6c5C(=O)N(C5CCC(=O)NC5=O)C6=O)C4)CC3)c2)cnc1N)c1c(Cl)ccc(F)c1Cl. The van der Waals surface area contributed by atoms with Crippen molar-refractivity contribution in [3.8, 4) is 16.9 Å². The summed E-state index contributed by atoms with van der Waals surface area (Å²) in [5.74, 6) is -1.58. The summed E-state index contributed by atoms with van der Waals surface area (Å²) in [5.41, 5.74) is 9.38. The molecule has 0 spiro atoms. The Morgan fingerprint density at radius 3 is 2.46 bits per heavy atom. The van der Waals surface area contributed by atoms with E-state index < -0.39 is 41.6 Å². The zero-order valence-corrected chi connectivity index (χ0v) is 35.6. The quantitative estimate of drug-likeness (QED) is 0.0619. The minimum absolute atomic E-state index is 0.0870. The Kier molecular flexibility index (Phi) is 12.9. The van der Waals surface area contributed by atoms with Gasteiger partial charge in [-0.15, -0.1) is 0 Å². The van der Waals surface area contributed by atoms with Crippen molar-refractivity contribution in [1.82, 2.24) is 34.8 Å². The highest BCUT2D eigenvalue weighted by Crippen LogP contribution is 2.38. The average molecular weight is 875 g/mol. The van der Waals surface area contributed by atoms with Crippen molar-refractivity contribution in [2.45, 2.75) is 76.5 Å². The van der Waals surface area contributed by atoms with Crippen LogP contribution < -0.4 is 21.1 Å². The molecule has 4 aliphatic rings. The van der Waals surface area contributed by atoms with E-state index in [4.69, 9.17) is 38.8 Å². The largest absolute Gasteiger partial charge is 0.482 e. The molecule has 2 atom stereocenters. The fraction of sp³-hybridized carbons (Fsp3) is 0.455. The van der Waals surface area contributed by atoms with Crippen LogP contribution in [0.15, 0.2) is 55.0 Å². The van der Waals surface area contributed by atoms with Gasteiger partial charge in [0.05, 0.1) is 28.4 Å². The van der Waals surface area contributed by atoms with Crippen LogP contribution in [0.4, 0.5) is 15.9 Å². The highest BCUT2D eigenvalue weighted by Gasteiger charge is 2.45. The van der Waals surface area contributed by atoms with Crippen molar-refractivity contribution in [3.05, 3.63) is 87.5 Å². The molecular formula is C44H50Cl2FN9O5. The topological polar surface area (TPSA) is 168 Å². The van der Waals surface area contributed by atoms with Gasteiger partial charge in [0.2, 0.25) is 11.8 Å². The molecule has 0 bridgehead atoms. The van der Waals surface area contributed by atoms with Crippen LogP contribution in [0.25, 0.3) is 11.1 Å². The Morgan fingerprint density at radius 2 is 1.70 bits per heavy atom. The molecule has 14 nitrogen and oxygen atoms in total. The number of unbranched alkanes of at least 4 members (excludes halogenated alkanes) is 3. The summed E-state index contributed by atoms with van der Waals surface area (Å²) in [6.07, 6.45) is 11.9. The van der Waals surface area contributed by atoms with Crippen molar-refractivity contribution in [2.75, 3.05) is 56.9 Å². The maximum absolute atomic E-state index is 14.2. The van der Waals surface area contributed by atoms with Crippen LogP contribution in [0.5, 0.6) is 5.75 Å². The second kappa shape index (κ2) is 18.5. The van der Waals surface area contributed by atoms with Crippen molar-refractivity contribution < 1.29 is 28.3 Å². The molecule has 3 fully saturated rings. The number of ether oxygens (including phenoxy) is 1. The molecule has 4 aromatic rings. The number of fused-ring (bicyclic) bond motifs is 1. The molecule has 2 aromatic carbocycles. The van der Waals surface area contributed by atoms with Crippen LogP contribution in [0.3, 0.4) is 0 Å². The molecule has 0 radical (unpaired) electrons. The highest BCUT2D eigenvalue weighted by atomic mass is 35.5. The summed E-state index contributed by atoms with van der Waals surface area (Å²) >= 11 is 12.5. The molecule has 2 unspecified atom stereocenters. The summed E-state index contributed by atoms with van der Waals surface area (Å²) in [6.45, 7) is 8.62. The lowest BCUT2D eigenvalue weighted by molar-refractivity contribution is -0.136. The molecule has 17 heteroatoms. The molecule has 61 heavy (non-hydrogen) atoms. The van der Waals surface area contributed by atoms with Gasteiger partial charge in [-0.05, 0) is 82.4 Å². The number of carbonyl (C=O) groups excluding carboxylic acids is 4. The number of carbonyl (C=O) groups is 4. The van der Waals surface area contributed by atoms with Crippen molar-refractivity contribution in [1.29, 1.82) is 0 Å². The van der Waals surface area contributed by atoms with Gasteiger partial charge < -0.3 is 25.6 Å². The number of rotatable bonds is 16. The van der Waals surface area contributed by atoms with Gasteiger partial charge in [-0.1, -0.05) is 42.1 Å². The van der Waals surface area contributed by atoms with E-state index in [-0.39, 0.29) is 29.2 Å². The number of hydrogen-bond donors (Lipinski definition) is 3. The number of piperidine rings is 2. The summed E-state index contributed by atoms with van der Waals surface area (Å²) in [4.78, 5) is 60.9. The summed E-state index contributed by atoms with van der Waals surface area (Å²) in [7, 11) is 0. The number of hydrogen-bond acceptors (Lipinski definition) is 11. The number of nitrogens with two attached hydrogens (primary N) is 1. The number of nitrogens with zero attached hydrogens (tertiary/aromatic N) is 6. The zero-order valence-electron chi connectivity index (χ0n) is 34.0. The third-order valence-electron chi connectivity index (χ3n) is 12.3. The van der Waals surface area contributed by atoms with E-state index in [1.807, 2.05) is 17.1 Å². The number of aromatic nitrogens is 3. The smallest absolute Gasteiger partial charge is 0.264 e. The second-order valence-electron chi connectivity index (χ2n) is 16.5. The van der Waals surface area contributed by atoms with Crippen LogP contribution >= 0.6 is 23.2 Å². The normalized spacial score (nSPS) is 19.5. The van der Waals surface area contributed by atoms with Crippen LogP contribution in [0, 0.1) is 11.7 Å². The maximum atomic E-state index is 14.2. The fourth-order valence-electron chi connectivity index (χ4n) is 8.90. The van der Waals surface area contributed by atoms with Gasteiger partial charge in [0, 0.05) is 84.9 Å². The third kappa shape index (κ3) is 9.25. The molecule has 0 saturated carbocycles. The van der Waals surface area contributed by atoms with E-state index in [1.165, 1.54) is 31.4 Å².